The number of para-hydroxylation sites is 2. The fourth-order valence-electron chi connectivity index (χ4n) is 7.33. The van der Waals surface area contributed by atoms with Crippen LogP contribution in [0.3, 0.4) is 0 Å². The number of primary sulfonamides is 1. The van der Waals surface area contributed by atoms with E-state index in [1.54, 1.807) is 82.2 Å². The van der Waals surface area contributed by atoms with E-state index in [4.69, 9.17) is 38.3 Å². The number of benzene rings is 6. The monoisotopic (exact) mass is 1010 g/mol. The Bertz CT molecular complexity index is 3940. The number of rotatable bonds is 10. The lowest BCUT2D eigenvalue weighted by molar-refractivity contribution is -0.138. The summed E-state index contributed by atoms with van der Waals surface area (Å²) >= 11 is 12.1. The molecule has 0 aliphatic carbocycles. The number of sulfonamides is 1. The Morgan fingerprint density at radius 2 is 0.929 bits per heavy atom. The maximum atomic E-state index is 13.7. The fraction of sp³-hybridized carbons (Fsp3) is 0.0408. The van der Waals surface area contributed by atoms with Gasteiger partial charge in [0.2, 0.25) is 19.9 Å². The largest absolute Gasteiger partial charge is 0.449 e. The van der Waals surface area contributed by atoms with E-state index in [0.29, 0.717) is 60.4 Å². The molecule has 0 saturated heterocycles. The average molecular weight is 1010 g/mol. The van der Waals surface area contributed by atoms with E-state index in [1.165, 1.54) is 45.8 Å². The molecule has 0 bridgehead atoms. The molecule has 350 valence electrons. The van der Waals surface area contributed by atoms with Crippen molar-refractivity contribution >= 4 is 71.1 Å². The number of carbonyl (C=O) groups is 1. The Labute approximate surface area is 408 Å². The molecule has 4 aromatic heterocycles. The smallest absolute Gasteiger partial charge is 0.303 e. The van der Waals surface area contributed by atoms with Gasteiger partial charge in [-0.15, -0.1) is 0 Å². The third-order valence-corrected chi connectivity index (χ3v) is 13.6. The summed E-state index contributed by atoms with van der Waals surface area (Å²) in [7, 11) is -7.72. The van der Waals surface area contributed by atoms with Crippen molar-refractivity contribution in [1.29, 1.82) is 0 Å². The first kappa shape index (κ1) is 47.0. The fourth-order valence-corrected chi connectivity index (χ4v) is 9.11. The van der Waals surface area contributed by atoms with Gasteiger partial charge >= 0.3 is 5.97 Å². The van der Waals surface area contributed by atoms with Crippen LogP contribution in [-0.2, 0) is 29.4 Å². The molecule has 6 aromatic carbocycles. The summed E-state index contributed by atoms with van der Waals surface area (Å²) in [6, 6.07) is 43.8. The number of halogens is 2. The molecule has 2 N–H and O–H groups in total. The first-order chi connectivity index (χ1) is 33.6. The highest BCUT2D eigenvalue weighted by atomic mass is 35.5. The minimum atomic E-state index is -3.86. The van der Waals surface area contributed by atoms with Gasteiger partial charge in [0.15, 0.2) is 17.2 Å². The van der Waals surface area contributed by atoms with E-state index in [2.05, 4.69) is 14.9 Å². The summed E-state index contributed by atoms with van der Waals surface area (Å²) in [5.74, 6) is -0.868. The van der Waals surface area contributed by atoms with E-state index in [1.807, 2.05) is 60.7 Å². The average Bonchev–Trinajstić information content (AvgIpc) is 4.00. The van der Waals surface area contributed by atoms with Gasteiger partial charge in [0, 0.05) is 28.1 Å². The molecule has 0 aliphatic heterocycles. The van der Waals surface area contributed by atoms with Crippen LogP contribution in [0, 0.1) is 0 Å². The van der Waals surface area contributed by atoms with Gasteiger partial charge < -0.3 is 4.74 Å². The highest BCUT2D eigenvalue weighted by Gasteiger charge is 2.22. The first-order valence-corrected chi connectivity index (χ1v) is 24.8. The lowest BCUT2D eigenvalue weighted by atomic mass is 10.2. The summed E-state index contributed by atoms with van der Waals surface area (Å²) < 4.78 is 59.1. The SMILES string of the molecule is CC(=O)OCS(=O)(=O)c1ccc(-c2nc3c(cnn3-c3ccccc3)c(=O)n2-c2ccc(Cl)cc2)cc1.NS(=O)(=O)c1ccc(-c2nc3c(cnn3-c3ccccc3)c(=O)n2-c2ccc(Cl)cc2)cc1. The number of nitrogens with two attached hydrogens (primary N) is 1. The molecule has 0 atom stereocenters. The van der Waals surface area contributed by atoms with Crippen molar-refractivity contribution in [2.75, 3.05) is 5.94 Å². The van der Waals surface area contributed by atoms with Crippen molar-refractivity contribution in [3.63, 3.8) is 0 Å². The number of ether oxygens (including phenoxy) is 1. The second-order valence-electron chi connectivity index (χ2n) is 15.3. The van der Waals surface area contributed by atoms with Crippen molar-refractivity contribution in [2.45, 2.75) is 16.7 Å². The highest BCUT2D eigenvalue weighted by molar-refractivity contribution is 7.91. The topological polar surface area (TPSA) is 226 Å². The minimum Gasteiger partial charge on any atom is -0.449 e. The maximum absolute atomic E-state index is 13.7. The normalized spacial score (nSPS) is 11.6. The van der Waals surface area contributed by atoms with Gasteiger partial charge in [0.25, 0.3) is 11.1 Å². The van der Waals surface area contributed by atoms with Gasteiger partial charge in [0.05, 0.1) is 44.9 Å². The van der Waals surface area contributed by atoms with Gasteiger partial charge in [-0.25, -0.2) is 41.3 Å². The molecule has 0 unspecified atom stereocenters. The molecule has 21 heteroatoms. The number of hydrogen-bond acceptors (Lipinski definition) is 12. The van der Waals surface area contributed by atoms with E-state index in [-0.39, 0.29) is 26.7 Å². The van der Waals surface area contributed by atoms with Crippen LogP contribution >= 0.6 is 23.2 Å². The zero-order valence-electron chi connectivity index (χ0n) is 36.4. The zero-order chi connectivity index (χ0) is 49.3. The molecule has 70 heavy (non-hydrogen) atoms. The van der Waals surface area contributed by atoms with Crippen LogP contribution in [0.15, 0.2) is 189 Å². The molecule has 0 radical (unpaired) electrons. The number of hydrogen-bond donors (Lipinski definition) is 1. The lowest BCUT2D eigenvalue weighted by Gasteiger charge is -2.14. The molecular weight excluding hydrogens is 978 g/mol. The molecule has 0 aliphatic rings. The maximum Gasteiger partial charge on any atom is 0.303 e. The van der Waals surface area contributed by atoms with Crippen molar-refractivity contribution in [3.8, 4) is 45.5 Å². The van der Waals surface area contributed by atoms with Crippen LogP contribution in [0.5, 0.6) is 0 Å². The number of sulfone groups is 1. The molecule has 4 heterocycles. The standard InChI is InChI=1S/C26H19ClN4O5S.C23H16ClN5O3S/c1-17(32)36-16-37(34,35)22-13-7-18(8-14-22)24-29-25-23(15-28-31(25)21-5-3-2-4-6-21)26(33)30(24)20-11-9-19(27)10-12-20;24-16-8-10-17(11-9-16)28-21(15-6-12-19(13-7-15)33(25,31)32)27-22-20(23(28)30)14-26-29(22)18-4-2-1-3-5-18/h2-15H,16H2,1H3;1-14H,(H2,25,31,32). The number of carbonyl (C=O) groups excluding carboxylic acids is 1. The third kappa shape index (κ3) is 9.51. The molecule has 17 nitrogen and oxygen atoms in total. The van der Waals surface area contributed by atoms with Gasteiger partial charge in [0.1, 0.15) is 22.4 Å². The van der Waals surface area contributed by atoms with Crippen molar-refractivity contribution in [2.24, 2.45) is 5.14 Å². The molecule has 10 aromatic rings. The minimum absolute atomic E-state index is 0.0340. The number of nitrogens with zero attached hydrogens (tertiary/aromatic N) is 8. The van der Waals surface area contributed by atoms with Crippen molar-refractivity contribution in [3.05, 3.63) is 201 Å². The summed E-state index contributed by atoms with van der Waals surface area (Å²) in [6.45, 7) is 1.14. The number of aromatic nitrogens is 8. The first-order valence-electron chi connectivity index (χ1n) is 20.8. The highest BCUT2D eigenvalue weighted by Crippen LogP contribution is 2.28. The van der Waals surface area contributed by atoms with Crippen molar-refractivity contribution in [1.82, 2.24) is 38.7 Å². The molecule has 0 fully saturated rings. The van der Waals surface area contributed by atoms with Crippen LogP contribution in [0.4, 0.5) is 0 Å². The van der Waals surface area contributed by atoms with Gasteiger partial charge in [-0.3, -0.25) is 23.5 Å². The summed E-state index contributed by atoms with van der Waals surface area (Å²) in [6.07, 6.45) is 2.95. The van der Waals surface area contributed by atoms with Crippen LogP contribution in [0.1, 0.15) is 6.92 Å². The lowest BCUT2D eigenvalue weighted by Crippen LogP contribution is -2.22. The summed E-state index contributed by atoms with van der Waals surface area (Å²) in [4.78, 5) is 47.9. The van der Waals surface area contributed by atoms with Crippen LogP contribution in [0.25, 0.3) is 67.6 Å². The Hall–Kier alpha value is -8.07. The van der Waals surface area contributed by atoms with Crippen LogP contribution < -0.4 is 16.3 Å². The molecule has 0 spiro atoms. The molecule has 10 rings (SSSR count). The van der Waals surface area contributed by atoms with E-state index < -0.39 is 31.8 Å². The van der Waals surface area contributed by atoms with Crippen LogP contribution in [0.2, 0.25) is 10.0 Å². The third-order valence-electron chi connectivity index (χ3n) is 10.7. The summed E-state index contributed by atoms with van der Waals surface area (Å²) in [5.41, 5.74) is 3.62. The Balaban J connectivity index is 0.000000175. The van der Waals surface area contributed by atoms with Gasteiger partial charge in [-0.2, -0.15) is 10.2 Å². The molecular formula is C49H35Cl2N9O8S2. The Morgan fingerprint density at radius 3 is 1.30 bits per heavy atom. The van der Waals surface area contributed by atoms with Crippen LogP contribution in [-0.4, -0.2) is 67.4 Å². The van der Waals surface area contributed by atoms with E-state index in [0.717, 1.165) is 18.3 Å². The zero-order valence-corrected chi connectivity index (χ0v) is 39.5. The second kappa shape index (κ2) is 19.1. The van der Waals surface area contributed by atoms with E-state index in [9.17, 15) is 31.2 Å². The predicted molar refractivity (Wildman–Crippen MR) is 265 cm³/mol. The number of fused-ring (bicyclic) bond motifs is 2. The van der Waals surface area contributed by atoms with E-state index >= 15 is 0 Å². The second-order valence-corrected chi connectivity index (χ2v) is 19.7. The van der Waals surface area contributed by atoms with Gasteiger partial charge in [-0.1, -0.05) is 59.6 Å². The molecule has 0 saturated carbocycles. The Kier molecular flexibility index (Phi) is 12.9. The van der Waals surface area contributed by atoms with Gasteiger partial charge in [-0.05, 0) is 121 Å². The summed E-state index contributed by atoms with van der Waals surface area (Å²) in [5, 5.41) is 15.7. The number of esters is 1. The molecule has 0 amide bonds. The van der Waals surface area contributed by atoms with Crippen molar-refractivity contribution < 1.29 is 26.4 Å². The predicted octanol–water partition coefficient (Wildman–Crippen LogP) is 7.73. The quantitative estimate of drug-likeness (QED) is 0.130. The Morgan fingerprint density at radius 1 is 0.543 bits per heavy atom.